The Bertz CT molecular complexity index is 977. The van der Waals surface area contributed by atoms with Gasteiger partial charge in [-0.2, -0.15) is 5.26 Å². The van der Waals surface area contributed by atoms with Crippen molar-refractivity contribution >= 4 is 23.2 Å². The van der Waals surface area contributed by atoms with Crippen molar-refractivity contribution in [3.63, 3.8) is 0 Å². The van der Waals surface area contributed by atoms with Crippen LogP contribution >= 0.6 is 0 Å². The predicted octanol–water partition coefficient (Wildman–Crippen LogP) is 3.46. The fourth-order valence-corrected chi connectivity index (χ4v) is 2.24. The van der Waals surface area contributed by atoms with Crippen molar-refractivity contribution in [2.45, 2.75) is 0 Å². The highest BCUT2D eigenvalue weighted by molar-refractivity contribution is 6.08. The highest BCUT2D eigenvalue weighted by Gasteiger charge is 2.12. The Morgan fingerprint density at radius 2 is 1.35 bits per heavy atom. The van der Waals surface area contributed by atoms with Crippen LogP contribution < -0.4 is 10.6 Å². The molecule has 2 aromatic carbocycles. The van der Waals surface area contributed by atoms with Crippen molar-refractivity contribution in [2.24, 2.45) is 0 Å². The number of aromatic nitrogens is 1. The van der Waals surface area contributed by atoms with Crippen molar-refractivity contribution in [3.8, 4) is 6.07 Å². The number of hydrogen-bond donors (Lipinski definition) is 2. The summed E-state index contributed by atoms with van der Waals surface area (Å²) in [5.74, 6) is -0.742. The topological polar surface area (TPSA) is 94.9 Å². The normalized spacial score (nSPS) is 9.81. The highest BCUT2D eigenvalue weighted by atomic mass is 16.2. The number of amides is 2. The van der Waals surface area contributed by atoms with Crippen LogP contribution in [0.4, 0.5) is 11.4 Å². The van der Waals surface area contributed by atoms with Crippen molar-refractivity contribution in [1.82, 2.24) is 4.98 Å². The number of benzene rings is 2. The van der Waals surface area contributed by atoms with E-state index in [4.69, 9.17) is 5.26 Å². The van der Waals surface area contributed by atoms with Gasteiger partial charge < -0.3 is 10.6 Å². The summed E-state index contributed by atoms with van der Waals surface area (Å²) in [4.78, 5) is 28.6. The number of para-hydroxylation sites is 1. The number of rotatable bonds is 4. The second-order valence-corrected chi connectivity index (χ2v) is 5.43. The molecule has 0 radical (unpaired) electrons. The lowest BCUT2D eigenvalue weighted by atomic mass is 10.1. The average Bonchev–Trinajstić information content (AvgIpc) is 2.69. The monoisotopic (exact) mass is 342 g/mol. The minimum Gasteiger partial charge on any atom is -0.322 e. The molecule has 0 fully saturated rings. The molecule has 2 amide bonds. The third-order valence-electron chi connectivity index (χ3n) is 3.57. The van der Waals surface area contributed by atoms with Gasteiger partial charge in [0.15, 0.2) is 0 Å². The molecule has 0 aliphatic rings. The van der Waals surface area contributed by atoms with Crippen molar-refractivity contribution in [1.29, 1.82) is 5.26 Å². The molecule has 0 saturated carbocycles. The third kappa shape index (κ3) is 4.10. The zero-order chi connectivity index (χ0) is 18.4. The summed E-state index contributed by atoms with van der Waals surface area (Å²) < 4.78 is 0. The number of nitrogens with zero attached hydrogens (tertiary/aromatic N) is 2. The van der Waals surface area contributed by atoms with Crippen LogP contribution in [-0.4, -0.2) is 16.8 Å². The van der Waals surface area contributed by atoms with Crippen LogP contribution in [0.1, 0.15) is 26.3 Å². The molecule has 6 nitrogen and oxygen atoms in total. The number of carbonyl (C=O) groups is 2. The Balaban J connectivity index is 1.72. The molecule has 0 bridgehead atoms. The van der Waals surface area contributed by atoms with E-state index in [-0.39, 0.29) is 17.0 Å². The van der Waals surface area contributed by atoms with Crippen LogP contribution in [0, 0.1) is 11.3 Å². The zero-order valence-electron chi connectivity index (χ0n) is 13.6. The van der Waals surface area contributed by atoms with Crippen molar-refractivity contribution < 1.29 is 9.59 Å². The molecule has 0 atom stereocenters. The molecule has 1 heterocycles. The van der Waals surface area contributed by atoms with Gasteiger partial charge in [0.05, 0.1) is 22.8 Å². The smallest absolute Gasteiger partial charge is 0.257 e. The summed E-state index contributed by atoms with van der Waals surface area (Å²) >= 11 is 0. The molecule has 2 N–H and O–H groups in total. The van der Waals surface area contributed by atoms with Crippen LogP contribution in [0.15, 0.2) is 73.1 Å². The molecule has 0 aliphatic carbocycles. The van der Waals surface area contributed by atoms with Gasteiger partial charge in [-0.3, -0.25) is 14.6 Å². The van der Waals surface area contributed by atoms with Crippen LogP contribution in [-0.2, 0) is 0 Å². The molecule has 126 valence electrons. The fraction of sp³-hybridized carbons (Fsp3) is 0. The van der Waals surface area contributed by atoms with Gasteiger partial charge in [-0.25, -0.2) is 0 Å². The van der Waals surface area contributed by atoms with Gasteiger partial charge >= 0.3 is 0 Å². The first-order valence-electron chi connectivity index (χ1n) is 7.79. The van der Waals surface area contributed by atoms with Gasteiger partial charge in [0.1, 0.15) is 0 Å². The molecule has 6 heteroatoms. The number of nitriles is 1. The van der Waals surface area contributed by atoms with Gasteiger partial charge in [-0.05, 0) is 42.5 Å². The molecule has 0 unspecified atom stereocenters. The minimum absolute atomic E-state index is 0.259. The quantitative estimate of drug-likeness (QED) is 0.759. The van der Waals surface area contributed by atoms with E-state index in [1.165, 1.54) is 18.5 Å². The first-order valence-corrected chi connectivity index (χ1v) is 7.79. The SMILES string of the molecule is N#Cc1ccc(NC(=O)c2cncc(C(=O)Nc3ccccc3)c2)cc1. The molecule has 0 saturated heterocycles. The molecule has 26 heavy (non-hydrogen) atoms. The summed E-state index contributed by atoms with van der Waals surface area (Å²) in [7, 11) is 0. The maximum absolute atomic E-state index is 12.4. The minimum atomic E-state index is -0.392. The standard InChI is InChI=1S/C20H14N4O2/c21-11-14-6-8-18(9-7-14)24-20(26)16-10-15(12-22-13-16)19(25)23-17-4-2-1-3-5-17/h1-10,12-13H,(H,23,25)(H,24,26). The number of anilines is 2. The Labute approximate surface area is 150 Å². The van der Waals surface area contributed by atoms with Crippen molar-refractivity contribution in [2.75, 3.05) is 10.6 Å². The van der Waals surface area contributed by atoms with E-state index < -0.39 is 5.91 Å². The first-order chi connectivity index (χ1) is 12.7. The molecular weight excluding hydrogens is 328 g/mol. The van der Waals surface area contributed by atoms with E-state index in [0.29, 0.717) is 16.9 Å². The van der Waals surface area contributed by atoms with Gasteiger partial charge in [-0.15, -0.1) is 0 Å². The molecular formula is C20H14N4O2. The second-order valence-electron chi connectivity index (χ2n) is 5.43. The first kappa shape index (κ1) is 16.9. The maximum Gasteiger partial charge on any atom is 0.257 e. The molecule has 0 spiro atoms. The van der Waals surface area contributed by atoms with Gasteiger partial charge in [0.2, 0.25) is 0 Å². The number of hydrogen-bond acceptors (Lipinski definition) is 4. The summed E-state index contributed by atoms with van der Waals surface area (Å²) in [6, 6.07) is 19.0. The van der Waals surface area contributed by atoms with Crippen LogP contribution in [0.3, 0.4) is 0 Å². The maximum atomic E-state index is 12.4. The molecule has 3 rings (SSSR count). The third-order valence-corrected chi connectivity index (χ3v) is 3.57. The van der Waals surface area contributed by atoms with Gasteiger partial charge in [0, 0.05) is 23.8 Å². The Kier molecular flexibility index (Phi) is 5.01. The summed E-state index contributed by atoms with van der Waals surface area (Å²) in [5, 5.41) is 14.2. The average molecular weight is 342 g/mol. The Hall–Kier alpha value is -3.98. The lowest BCUT2D eigenvalue weighted by Gasteiger charge is -2.08. The van der Waals surface area contributed by atoms with Gasteiger partial charge in [0.25, 0.3) is 11.8 Å². The fourth-order valence-electron chi connectivity index (χ4n) is 2.24. The summed E-state index contributed by atoms with van der Waals surface area (Å²) in [6.07, 6.45) is 2.79. The van der Waals surface area contributed by atoms with E-state index in [1.54, 1.807) is 36.4 Å². The zero-order valence-corrected chi connectivity index (χ0v) is 13.6. The van der Waals surface area contributed by atoms with Crippen LogP contribution in [0.5, 0.6) is 0 Å². The summed E-state index contributed by atoms with van der Waals surface area (Å²) in [5.41, 5.74) is 2.25. The molecule has 1 aromatic heterocycles. The van der Waals surface area contributed by atoms with Crippen LogP contribution in [0.2, 0.25) is 0 Å². The molecule has 0 aliphatic heterocycles. The van der Waals surface area contributed by atoms with Gasteiger partial charge in [-0.1, -0.05) is 18.2 Å². The largest absolute Gasteiger partial charge is 0.322 e. The second kappa shape index (κ2) is 7.73. The van der Waals surface area contributed by atoms with E-state index in [2.05, 4.69) is 15.6 Å². The van der Waals surface area contributed by atoms with E-state index in [0.717, 1.165) is 0 Å². The molecule has 3 aromatic rings. The van der Waals surface area contributed by atoms with E-state index in [9.17, 15) is 9.59 Å². The Morgan fingerprint density at radius 3 is 1.88 bits per heavy atom. The Morgan fingerprint density at radius 1 is 0.808 bits per heavy atom. The lowest BCUT2D eigenvalue weighted by molar-refractivity contribution is 0.102. The van der Waals surface area contributed by atoms with Crippen LogP contribution in [0.25, 0.3) is 0 Å². The summed E-state index contributed by atoms with van der Waals surface area (Å²) in [6.45, 7) is 0. The lowest BCUT2D eigenvalue weighted by Crippen LogP contribution is -2.16. The number of carbonyl (C=O) groups excluding carboxylic acids is 2. The number of nitrogens with one attached hydrogen (secondary N) is 2. The predicted molar refractivity (Wildman–Crippen MR) is 97.7 cm³/mol. The van der Waals surface area contributed by atoms with Crippen molar-refractivity contribution in [3.05, 3.63) is 89.7 Å². The van der Waals surface area contributed by atoms with E-state index >= 15 is 0 Å². The van der Waals surface area contributed by atoms with E-state index in [1.807, 2.05) is 24.3 Å². The number of pyridine rings is 1. The highest BCUT2D eigenvalue weighted by Crippen LogP contribution is 2.13.